The van der Waals surface area contributed by atoms with Gasteiger partial charge in [-0.2, -0.15) is 0 Å². The molecule has 1 heterocycles. The number of likely N-dealkylation sites (N-methyl/N-ethyl adjacent to an activating group) is 1. The van der Waals surface area contributed by atoms with Crippen molar-refractivity contribution in [3.05, 3.63) is 64.2 Å². The number of nitrogens with zero attached hydrogens (tertiary/aromatic N) is 2. The highest BCUT2D eigenvalue weighted by Crippen LogP contribution is 2.37. The molecule has 2 aromatic carbocycles. The predicted molar refractivity (Wildman–Crippen MR) is 110 cm³/mol. The van der Waals surface area contributed by atoms with E-state index in [2.05, 4.69) is 36.2 Å². The van der Waals surface area contributed by atoms with Crippen molar-refractivity contribution in [3.63, 3.8) is 0 Å². The zero-order valence-corrected chi connectivity index (χ0v) is 17.0. The third-order valence-electron chi connectivity index (χ3n) is 5.25. The highest BCUT2D eigenvalue weighted by atomic mass is 35.5. The van der Waals surface area contributed by atoms with E-state index in [9.17, 15) is 4.79 Å². The number of ether oxygens (including phenoxy) is 1. The number of fused-ring (bicyclic) bond motifs is 1. The Balaban J connectivity index is 2.00. The second-order valence-electron chi connectivity index (χ2n) is 7.00. The molecular formula is C22H27ClN2O2. The summed E-state index contributed by atoms with van der Waals surface area (Å²) in [5, 5.41) is 0.491. The minimum Gasteiger partial charge on any atom is -0.409 e. The van der Waals surface area contributed by atoms with Gasteiger partial charge in [0.25, 0.3) is 0 Å². The summed E-state index contributed by atoms with van der Waals surface area (Å²) in [4.78, 5) is 16.4. The molecule has 0 radical (unpaired) electrons. The molecule has 2 aromatic rings. The molecule has 1 atom stereocenters. The summed E-state index contributed by atoms with van der Waals surface area (Å²) in [6.45, 7) is 6.98. The van der Waals surface area contributed by atoms with Crippen LogP contribution < -0.4 is 4.74 Å². The molecule has 5 heteroatoms. The summed E-state index contributed by atoms with van der Waals surface area (Å²) in [6, 6.07) is 14.4. The summed E-state index contributed by atoms with van der Waals surface area (Å²) in [5.41, 5.74) is 3.67. The molecule has 144 valence electrons. The summed E-state index contributed by atoms with van der Waals surface area (Å²) in [7, 11) is 2.14. The number of carbonyl (C=O) groups is 1. The molecular weight excluding hydrogens is 360 g/mol. The van der Waals surface area contributed by atoms with E-state index in [4.69, 9.17) is 16.3 Å². The van der Waals surface area contributed by atoms with Crippen molar-refractivity contribution in [3.8, 4) is 5.75 Å². The molecule has 1 aliphatic rings. The lowest BCUT2D eigenvalue weighted by Crippen LogP contribution is -2.33. The predicted octanol–water partition coefficient (Wildman–Crippen LogP) is 4.80. The number of carbonyl (C=O) groups excluding carboxylic acids is 1. The fourth-order valence-electron chi connectivity index (χ4n) is 3.65. The maximum atomic E-state index is 12.4. The topological polar surface area (TPSA) is 32.8 Å². The third kappa shape index (κ3) is 4.45. The van der Waals surface area contributed by atoms with E-state index in [1.54, 1.807) is 4.90 Å². The Morgan fingerprint density at radius 2 is 1.93 bits per heavy atom. The molecule has 3 rings (SSSR count). The van der Waals surface area contributed by atoms with Crippen LogP contribution in [0, 0.1) is 0 Å². The van der Waals surface area contributed by atoms with E-state index in [0.717, 1.165) is 19.5 Å². The van der Waals surface area contributed by atoms with Gasteiger partial charge >= 0.3 is 6.09 Å². The van der Waals surface area contributed by atoms with Crippen LogP contribution in [-0.2, 0) is 6.42 Å². The molecule has 0 aromatic heterocycles. The molecule has 0 saturated carbocycles. The van der Waals surface area contributed by atoms with E-state index >= 15 is 0 Å². The van der Waals surface area contributed by atoms with Gasteiger partial charge in [-0.05, 0) is 56.1 Å². The number of halogens is 1. The van der Waals surface area contributed by atoms with Crippen LogP contribution in [0.15, 0.2) is 42.5 Å². The van der Waals surface area contributed by atoms with E-state index in [1.165, 1.54) is 16.7 Å². The Morgan fingerprint density at radius 3 is 2.59 bits per heavy atom. The van der Waals surface area contributed by atoms with Crippen LogP contribution in [0.1, 0.15) is 36.5 Å². The molecule has 0 spiro atoms. The first-order valence-electron chi connectivity index (χ1n) is 9.56. The van der Waals surface area contributed by atoms with Crippen LogP contribution in [0.3, 0.4) is 0 Å². The molecule has 0 bridgehead atoms. The Morgan fingerprint density at radius 1 is 1.22 bits per heavy atom. The lowest BCUT2D eigenvalue weighted by atomic mass is 9.88. The van der Waals surface area contributed by atoms with Crippen molar-refractivity contribution < 1.29 is 9.53 Å². The molecule has 0 fully saturated rings. The SMILES string of the molecule is CCN(CC)C(=O)Oc1cc2c(cc1Cl)CCN(C)C[C@H]2c1ccccc1. The quantitative estimate of drug-likeness (QED) is 0.756. The van der Waals surface area contributed by atoms with Gasteiger partial charge in [0.05, 0.1) is 5.02 Å². The average Bonchev–Trinajstić information content (AvgIpc) is 2.83. The first-order chi connectivity index (χ1) is 13.0. The first kappa shape index (κ1) is 19.7. The molecule has 1 aliphatic heterocycles. The van der Waals surface area contributed by atoms with Crippen LogP contribution in [-0.4, -0.2) is 49.1 Å². The largest absolute Gasteiger partial charge is 0.415 e. The molecule has 0 N–H and O–H groups in total. The van der Waals surface area contributed by atoms with Gasteiger partial charge in [-0.1, -0.05) is 41.9 Å². The van der Waals surface area contributed by atoms with Gasteiger partial charge in [0.15, 0.2) is 5.75 Å². The Kier molecular flexibility index (Phi) is 6.40. The fraction of sp³-hybridized carbons (Fsp3) is 0.409. The van der Waals surface area contributed by atoms with Crippen molar-refractivity contribution in [2.24, 2.45) is 0 Å². The summed E-state index contributed by atoms with van der Waals surface area (Å²) in [5.74, 6) is 0.662. The molecule has 0 saturated heterocycles. The van der Waals surface area contributed by atoms with E-state index < -0.39 is 0 Å². The second-order valence-corrected chi connectivity index (χ2v) is 7.40. The molecule has 0 unspecified atom stereocenters. The summed E-state index contributed by atoms with van der Waals surface area (Å²) < 4.78 is 5.65. The maximum absolute atomic E-state index is 12.4. The van der Waals surface area contributed by atoms with Crippen LogP contribution in [0.25, 0.3) is 0 Å². The lowest BCUT2D eigenvalue weighted by molar-refractivity contribution is 0.157. The van der Waals surface area contributed by atoms with Gasteiger partial charge < -0.3 is 14.5 Å². The Labute approximate surface area is 166 Å². The van der Waals surface area contributed by atoms with E-state index in [1.807, 2.05) is 32.0 Å². The van der Waals surface area contributed by atoms with E-state index in [-0.39, 0.29) is 12.0 Å². The van der Waals surface area contributed by atoms with Crippen LogP contribution >= 0.6 is 11.6 Å². The smallest absolute Gasteiger partial charge is 0.409 e. The van der Waals surface area contributed by atoms with Gasteiger partial charge in [-0.15, -0.1) is 0 Å². The first-order valence-corrected chi connectivity index (χ1v) is 9.93. The maximum Gasteiger partial charge on any atom is 0.415 e. The molecule has 1 amide bonds. The normalized spacial score (nSPS) is 17.1. The fourth-order valence-corrected chi connectivity index (χ4v) is 3.88. The van der Waals surface area contributed by atoms with Gasteiger partial charge in [0.2, 0.25) is 0 Å². The number of hydrogen-bond acceptors (Lipinski definition) is 3. The van der Waals surface area contributed by atoms with Crippen molar-refractivity contribution in [1.29, 1.82) is 0 Å². The Hall–Kier alpha value is -2.04. The second kappa shape index (κ2) is 8.77. The van der Waals surface area contributed by atoms with Gasteiger partial charge in [-0.3, -0.25) is 0 Å². The van der Waals surface area contributed by atoms with Crippen LogP contribution in [0.4, 0.5) is 4.79 Å². The van der Waals surface area contributed by atoms with E-state index in [0.29, 0.717) is 23.9 Å². The Bertz CT molecular complexity index is 790. The zero-order chi connectivity index (χ0) is 19.4. The number of rotatable bonds is 4. The number of benzene rings is 2. The third-order valence-corrected chi connectivity index (χ3v) is 5.54. The van der Waals surface area contributed by atoms with Crippen molar-refractivity contribution >= 4 is 17.7 Å². The highest BCUT2D eigenvalue weighted by molar-refractivity contribution is 6.32. The summed E-state index contributed by atoms with van der Waals surface area (Å²) in [6.07, 6.45) is 0.572. The number of amides is 1. The van der Waals surface area contributed by atoms with Gasteiger partial charge in [0.1, 0.15) is 0 Å². The zero-order valence-electron chi connectivity index (χ0n) is 16.2. The minimum absolute atomic E-state index is 0.219. The lowest BCUT2D eigenvalue weighted by Gasteiger charge is -2.23. The van der Waals surface area contributed by atoms with Crippen molar-refractivity contribution in [2.45, 2.75) is 26.2 Å². The standard InChI is InChI=1S/C22H27ClN2O2/c1-4-25(5-2)22(26)27-21-14-18-17(13-20(21)23)11-12-24(3)15-19(18)16-9-7-6-8-10-16/h6-10,13-14,19H,4-5,11-12,15H2,1-3H3/t19-/m0/s1. The number of hydrogen-bond donors (Lipinski definition) is 0. The minimum atomic E-state index is -0.358. The van der Waals surface area contributed by atoms with Crippen LogP contribution in [0.5, 0.6) is 5.75 Å². The molecule has 4 nitrogen and oxygen atoms in total. The summed E-state index contributed by atoms with van der Waals surface area (Å²) >= 11 is 6.47. The van der Waals surface area contributed by atoms with Crippen molar-refractivity contribution in [2.75, 3.05) is 33.2 Å². The monoisotopic (exact) mass is 386 g/mol. The van der Waals surface area contributed by atoms with Crippen molar-refractivity contribution in [1.82, 2.24) is 9.80 Å². The van der Waals surface area contributed by atoms with Gasteiger partial charge in [-0.25, -0.2) is 4.79 Å². The highest BCUT2D eigenvalue weighted by Gasteiger charge is 2.25. The molecule has 0 aliphatic carbocycles. The average molecular weight is 387 g/mol. The molecule has 27 heavy (non-hydrogen) atoms. The van der Waals surface area contributed by atoms with Crippen LogP contribution in [0.2, 0.25) is 5.02 Å². The van der Waals surface area contributed by atoms with Gasteiger partial charge in [0, 0.05) is 32.1 Å².